The van der Waals surface area contributed by atoms with E-state index < -0.39 is 0 Å². The highest BCUT2D eigenvalue weighted by atomic mass is 14.5. The van der Waals surface area contributed by atoms with Gasteiger partial charge in [-0.2, -0.15) is 0 Å². The van der Waals surface area contributed by atoms with Gasteiger partial charge in [0.05, 0.1) is 0 Å². The molecule has 0 amide bonds. The second-order valence-corrected chi connectivity index (χ2v) is 2.75. The summed E-state index contributed by atoms with van der Waals surface area (Å²) in [6.45, 7) is 4.48. The minimum Gasteiger partial charge on any atom is -0.405 e. The van der Waals surface area contributed by atoms with Gasteiger partial charge in [-0.05, 0) is 25.0 Å². The third kappa shape index (κ3) is 7.54. The van der Waals surface area contributed by atoms with E-state index in [0.717, 1.165) is 12.3 Å². The van der Waals surface area contributed by atoms with Gasteiger partial charge in [-0.1, -0.05) is 26.3 Å². The lowest BCUT2D eigenvalue weighted by atomic mass is 10.1. The zero-order chi connectivity index (χ0) is 7.11. The van der Waals surface area contributed by atoms with Crippen molar-refractivity contribution < 1.29 is 0 Å². The number of unbranched alkanes of at least 4 members (excludes halogenated alkanes) is 1. The molecule has 1 heteroatoms. The lowest BCUT2D eigenvalue weighted by molar-refractivity contribution is 0.560. The summed E-state index contributed by atoms with van der Waals surface area (Å²) in [7, 11) is 0. The van der Waals surface area contributed by atoms with Gasteiger partial charge in [0, 0.05) is 0 Å². The Kier molecular flexibility index (Phi) is 5.38. The van der Waals surface area contributed by atoms with Crippen molar-refractivity contribution >= 4 is 0 Å². The Hall–Kier alpha value is -0.460. The Bertz CT molecular complexity index is 74.6. The third-order valence-corrected chi connectivity index (χ3v) is 1.29. The van der Waals surface area contributed by atoms with Gasteiger partial charge < -0.3 is 5.73 Å². The fourth-order valence-corrected chi connectivity index (χ4v) is 0.740. The van der Waals surface area contributed by atoms with Gasteiger partial charge in [0.25, 0.3) is 0 Å². The van der Waals surface area contributed by atoms with Crippen LogP contribution < -0.4 is 5.73 Å². The van der Waals surface area contributed by atoms with Crippen LogP contribution in [0.25, 0.3) is 0 Å². The Morgan fingerprint density at radius 1 is 1.44 bits per heavy atom. The van der Waals surface area contributed by atoms with Gasteiger partial charge in [-0.25, -0.2) is 0 Å². The van der Waals surface area contributed by atoms with E-state index in [1.165, 1.54) is 12.8 Å². The van der Waals surface area contributed by atoms with Crippen molar-refractivity contribution in [1.29, 1.82) is 0 Å². The molecule has 54 valence electrons. The number of rotatable bonds is 4. The summed E-state index contributed by atoms with van der Waals surface area (Å²) < 4.78 is 0. The molecule has 0 aliphatic carbocycles. The van der Waals surface area contributed by atoms with Crippen LogP contribution in [0.2, 0.25) is 0 Å². The van der Waals surface area contributed by atoms with Crippen LogP contribution in [0.15, 0.2) is 12.3 Å². The van der Waals surface area contributed by atoms with Gasteiger partial charge in [-0.3, -0.25) is 0 Å². The van der Waals surface area contributed by atoms with Crippen molar-refractivity contribution in [3.8, 4) is 0 Å². The molecule has 0 spiro atoms. The fourth-order valence-electron chi connectivity index (χ4n) is 0.740. The SMILES string of the molecule is CC(C)CCCC=CN. The van der Waals surface area contributed by atoms with Crippen molar-refractivity contribution in [2.24, 2.45) is 11.7 Å². The predicted molar refractivity (Wildman–Crippen MR) is 42.0 cm³/mol. The number of hydrogen-bond donors (Lipinski definition) is 1. The van der Waals surface area contributed by atoms with E-state index in [1.54, 1.807) is 6.20 Å². The van der Waals surface area contributed by atoms with Gasteiger partial charge in [0.1, 0.15) is 0 Å². The monoisotopic (exact) mass is 127 g/mol. The highest BCUT2D eigenvalue weighted by molar-refractivity contribution is 4.74. The molecule has 1 nitrogen and oxygen atoms in total. The van der Waals surface area contributed by atoms with Crippen LogP contribution in [0.5, 0.6) is 0 Å². The van der Waals surface area contributed by atoms with Crippen molar-refractivity contribution in [3.63, 3.8) is 0 Å². The van der Waals surface area contributed by atoms with Crippen molar-refractivity contribution in [2.75, 3.05) is 0 Å². The minimum atomic E-state index is 0.830. The fraction of sp³-hybridized carbons (Fsp3) is 0.750. The predicted octanol–water partition coefficient (Wildman–Crippen LogP) is 2.29. The average Bonchev–Trinajstić information content (AvgIpc) is 1.80. The standard InChI is InChI=1S/C8H17N/c1-8(2)6-4-3-5-7-9/h5,7-8H,3-4,6,9H2,1-2H3. The minimum absolute atomic E-state index is 0.830. The van der Waals surface area contributed by atoms with Crippen LogP contribution in [-0.2, 0) is 0 Å². The first-order valence-corrected chi connectivity index (χ1v) is 3.64. The molecule has 0 atom stereocenters. The molecular formula is C8H17N. The topological polar surface area (TPSA) is 26.0 Å². The molecule has 0 aliphatic rings. The molecule has 0 aromatic carbocycles. The maximum atomic E-state index is 5.16. The number of nitrogens with two attached hydrogens (primary N) is 1. The summed E-state index contributed by atoms with van der Waals surface area (Å²) in [5.74, 6) is 0.830. The second kappa shape index (κ2) is 5.67. The summed E-state index contributed by atoms with van der Waals surface area (Å²) in [4.78, 5) is 0. The summed E-state index contributed by atoms with van der Waals surface area (Å²) >= 11 is 0. The first-order chi connectivity index (χ1) is 4.27. The Labute approximate surface area is 57.9 Å². The molecule has 0 rings (SSSR count). The van der Waals surface area contributed by atoms with Crippen LogP contribution in [-0.4, -0.2) is 0 Å². The van der Waals surface area contributed by atoms with E-state index in [2.05, 4.69) is 13.8 Å². The van der Waals surface area contributed by atoms with E-state index in [9.17, 15) is 0 Å². The highest BCUT2D eigenvalue weighted by Gasteiger charge is 1.90. The lowest BCUT2D eigenvalue weighted by Gasteiger charge is -1.99. The average molecular weight is 127 g/mol. The molecule has 0 aliphatic heterocycles. The molecule has 9 heavy (non-hydrogen) atoms. The molecule has 0 unspecified atom stereocenters. The highest BCUT2D eigenvalue weighted by Crippen LogP contribution is 2.05. The third-order valence-electron chi connectivity index (χ3n) is 1.29. The van der Waals surface area contributed by atoms with E-state index in [1.807, 2.05) is 6.08 Å². The molecule has 0 aromatic rings. The quantitative estimate of drug-likeness (QED) is 0.576. The van der Waals surface area contributed by atoms with Crippen molar-refractivity contribution in [3.05, 3.63) is 12.3 Å². The molecule has 0 fully saturated rings. The largest absolute Gasteiger partial charge is 0.405 e. The van der Waals surface area contributed by atoms with Crippen LogP contribution in [0.1, 0.15) is 33.1 Å². The first-order valence-electron chi connectivity index (χ1n) is 3.64. The lowest BCUT2D eigenvalue weighted by Crippen LogP contribution is -1.85. The summed E-state index contributed by atoms with van der Waals surface area (Å²) in [6.07, 6.45) is 7.35. The molecular weight excluding hydrogens is 110 g/mol. The molecule has 2 N–H and O–H groups in total. The maximum Gasteiger partial charge on any atom is -0.0103 e. The molecule has 0 saturated heterocycles. The van der Waals surface area contributed by atoms with Gasteiger partial charge in [-0.15, -0.1) is 0 Å². The van der Waals surface area contributed by atoms with E-state index in [0.29, 0.717) is 0 Å². The summed E-state index contributed by atoms with van der Waals surface area (Å²) in [6, 6.07) is 0. The molecule has 0 saturated carbocycles. The van der Waals surface area contributed by atoms with Gasteiger partial charge in [0.2, 0.25) is 0 Å². The normalized spacial score (nSPS) is 11.4. The summed E-state index contributed by atoms with van der Waals surface area (Å²) in [5.41, 5.74) is 5.16. The van der Waals surface area contributed by atoms with Gasteiger partial charge >= 0.3 is 0 Å². The van der Waals surface area contributed by atoms with E-state index in [4.69, 9.17) is 5.73 Å². The van der Waals surface area contributed by atoms with Gasteiger partial charge in [0.15, 0.2) is 0 Å². The Morgan fingerprint density at radius 2 is 2.11 bits per heavy atom. The molecule has 0 bridgehead atoms. The zero-order valence-electron chi connectivity index (χ0n) is 6.43. The maximum absolute atomic E-state index is 5.16. The van der Waals surface area contributed by atoms with Crippen LogP contribution in [0.4, 0.5) is 0 Å². The van der Waals surface area contributed by atoms with E-state index >= 15 is 0 Å². The molecule has 0 aromatic heterocycles. The number of allylic oxidation sites excluding steroid dienone is 1. The Balaban J connectivity index is 2.91. The second-order valence-electron chi connectivity index (χ2n) is 2.75. The summed E-state index contributed by atoms with van der Waals surface area (Å²) in [5, 5.41) is 0. The first kappa shape index (κ1) is 8.54. The smallest absolute Gasteiger partial charge is 0.0103 e. The van der Waals surface area contributed by atoms with Crippen molar-refractivity contribution in [1.82, 2.24) is 0 Å². The Morgan fingerprint density at radius 3 is 2.56 bits per heavy atom. The van der Waals surface area contributed by atoms with E-state index in [-0.39, 0.29) is 0 Å². The van der Waals surface area contributed by atoms with Crippen LogP contribution >= 0.6 is 0 Å². The van der Waals surface area contributed by atoms with Crippen LogP contribution in [0, 0.1) is 5.92 Å². The zero-order valence-corrected chi connectivity index (χ0v) is 6.43. The molecule has 0 heterocycles. The van der Waals surface area contributed by atoms with Crippen LogP contribution in [0.3, 0.4) is 0 Å². The molecule has 0 radical (unpaired) electrons. The van der Waals surface area contributed by atoms with Crippen molar-refractivity contribution in [2.45, 2.75) is 33.1 Å². The number of hydrogen-bond acceptors (Lipinski definition) is 1.